The first-order valence-corrected chi connectivity index (χ1v) is 7.26. The van der Waals surface area contributed by atoms with Crippen molar-refractivity contribution in [1.82, 2.24) is 5.32 Å². The maximum Gasteiger partial charge on any atom is 0.469 e. The molecule has 0 spiro atoms. The molecular weight excluding hydrogens is 295 g/mol. The molecule has 7 N–H and O–H groups in total. The van der Waals surface area contributed by atoms with Gasteiger partial charge in [0.25, 0.3) is 0 Å². The van der Waals surface area contributed by atoms with Crippen molar-refractivity contribution in [2.45, 2.75) is 38.0 Å². The third-order valence-electron chi connectivity index (χ3n) is 2.45. The van der Waals surface area contributed by atoms with Crippen molar-refractivity contribution in [3.8, 4) is 0 Å². The normalized spacial score (nSPS) is 21.5. The van der Waals surface area contributed by atoms with Crippen molar-refractivity contribution >= 4 is 19.8 Å². The highest BCUT2D eigenvalue weighted by Crippen LogP contribution is 2.37. The zero-order chi connectivity index (χ0) is 15.9. The van der Waals surface area contributed by atoms with Gasteiger partial charge in [0.15, 0.2) is 0 Å². The molecule has 0 aromatic rings. The van der Waals surface area contributed by atoms with Gasteiger partial charge in [-0.05, 0) is 26.3 Å². The fourth-order valence-corrected chi connectivity index (χ4v) is 1.94. The Labute approximate surface area is 115 Å². The number of nitrogens with one attached hydrogen (secondary N) is 1. The molecule has 0 saturated carbocycles. The number of phosphoric acid groups is 1. The Hall–Kier alpha value is -1.03. The molecule has 1 fully saturated rings. The highest BCUT2D eigenvalue weighted by molar-refractivity contribution is 7.46. The highest BCUT2D eigenvalue weighted by atomic mass is 31.2. The van der Waals surface area contributed by atoms with E-state index in [1.807, 2.05) is 0 Å². The Kier molecular flexibility index (Phi) is 7.87. The van der Waals surface area contributed by atoms with Gasteiger partial charge < -0.3 is 31.1 Å². The van der Waals surface area contributed by atoms with Crippen LogP contribution in [0.2, 0.25) is 0 Å². The van der Waals surface area contributed by atoms with Gasteiger partial charge in [-0.3, -0.25) is 14.1 Å². The van der Waals surface area contributed by atoms with Gasteiger partial charge in [-0.1, -0.05) is 0 Å². The minimum Gasteiger partial charge on any atom is -0.480 e. The second-order valence-electron chi connectivity index (χ2n) is 4.15. The predicted octanol–water partition coefficient (Wildman–Crippen LogP) is -1.28. The van der Waals surface area contributed by atoms with Crippen LogP contribution < -0.4 is 11.1 Å². The van der Waals surface area contributed by atoms with Gasteiger partial charge in [0, 0.05) is 0 Å². The lowest BCUT2D eigenvalue weighted by Gasteiger charge is -2.16. The van der Waals surface area contributed by atoms with E-state index in [9.17, 15) is 14.2 Å². The van der Waals surface area contributed by atoms with Crippen LogP contribution in [0.1, 0.15) is 19.8 Å². The zero-order valence-corrected chi connectivity index (χ0v) is 11.7. The van der Waals surface area contributed by atoms with E-state index in [4.69, 9.17) is 25.7 Å². The van der Waals surface area contributed by atoms with Gasteiger partial charge in [-0.2, -0.15) is 0 Å². The van der Waals surface area contributed by atoms with Crippen LogP contribution in [-0.4, -0.2) is 56.7 Å². The molecule has 0 amide bonds. The van der Waals surface area contributed by atoms with Crippen molar-refractivity contribution in [2.75, 3.05) is 6.54 Å². The van der Waals surface area contributed by atoms with E-state index < -0.39 is 31.9 Å². The molecule has 10 nitrogen and oxygen atoms in total. The number of rotatable bonds is 5. The third kappa shape index (κ3) is 8.20. The van der Waals surface area contributed by atoms with Gasteiger partial charge in [0.2, 0.25) is 0 Å². The van der Waals surface area contributed by atoms with Crippen molar-refractivity contribution in [3.05, 3.63) is 0 Å². The monoisotopic (exact) mass is 314 g/mol. The van der Waals surface area contributed by atoms with Crippen LogP contribution >= 0.6 is 7.82 Å². The van der Waals surface area contributed by atoms with Crippen LogP contribution in [0.4, 0.5) is 0 Å². The van der Waals surface area contributed by atoms with Crippen LogP contribution in [0, 0.1) is 0 Å². The highest BCUT2D eigenvalue weighted by Gasteiger charge is 2.27. The number of carbonyl (C=O) groups is 2. The molecule has 0 aromatic heterocycles. The molecule has 0 aromatic carbocycles. The predicted molar refractivity (Wildman–Crippen MR) is 66.9 cm³/mol. The number of aliphatic carboxylic acids is 2. The van der Waals surface area contributed by atoms with Gasteiger partial charge >= 0.3 is 19.8 Å². The molecule has 1 heterocycles. The second-order valence-corrected chi connectivity index (χ2v) is 5.34. The molecule has 0 bridgehead atoms. The van der Waals surface area contributed by atoms with Gasteiger partial charge in [-0.25, -0.2) is 4.57 Å². The summed E-state index contributed by atoms with van der Waals surface area (Å²) in [6.07, 6.45) is 0.551. The number of carboxylic acid groups (broad SMARTS) is 2. The van der Waals surface area contributed by atoms with Crippen LogP contribution in [0.5, 0.6) is 0 Å². The molecule has 1 aliphatic heterocycles. The van der Waals surface area contributed by atoms with Crippen molar-refractivity contribution in [3.63, 3.8) is 0 Å². The van der Waals surface area contributed by atoms with Crippen LogP contribution in [0.15, 0.2) is 0 Å². The minimum atomic E-state index is -4.66. The first kappa shape index (κ1) is 19.0. The molecule has 1 rings (SSSR count). The Bertz CT molecular complexity index is 378. The quantitative estimate of drug-likeness (QED) is 0.334. The minimum absolute atomic E-state index is 0.269. The molecule has 0 unspecified atom stereocenters. The Morgan fingerprint density at radius 1 is 1.40 bits per heavy atom. The SMILES string of the molecule is C[C@@H](OP(=O)(O)O)[C@H](N)C(=O)O.O=C(O)[C@@H]1CCCN1. The fourth-order valence-electron chi connectivity index (χ4n) is 1.38. The summed E-state index contributed by atoms with van der Waals surface area (Å²) in [6, 6.07) is -1.72. The molecule has 0 radical (unpaired) electrons. The molecule has 11 heteroatoms. The summed E-state index contributed by atoms with van der Waals surface area (Å²) in [5.41, 5.74) is 5.00. The number of carboxylic acids is 2. The third-order valence-corrected chi connectivity index (χ3v) is 3.06. The molecular formula is C9H19N2O8P. The standard InChI is InChI=1S/C5H9NO2.C4H10NO6P/c7-5(8)4-2-1-3-6-4;1-2(3(5)4(6)7)11-12(8,9)10/h4,6H,1-3H2,(H,7,8);2-3H,5H2,1H3,(H,6,7)(H2,8,9,10)/t4-;2-,3+/m01/s1. The molecule has 118 valence electrons. The Morgan fingerprint density at radius 3 is 2.20 bits per heavy atom. The van der Waals surface area contributed by atoms with E-state index >= 15 is 0 Å². The van der Waals surface area contributed by atoms with Gasteiger partial charge in [0.05, 0.1) is 6.10 Å². The second kappa shape index (κ2) is 8.30. The van der Waals surface area contributed by atoms with Crippen molar-refractivity contribution < 1.29 is 38.7 Å². The van der Waals surface area contributed by atoms with Crippen LogP contribution in [0.25, 0.3) is 0 Å². The van der Waals surface area contributed by atoms with E-state index in [1.165, 1.54) is 0 Å². The maximum atomic E-state index is 10.2. The van der Waals surface area contributed by atoms with Gasteiger partial charge in [0.1, 0.15) is 12.1 Å². The number of hydrogen-bond acceptors (Lipinski definition) is 6. The van der Waals surface area contributed by atoms with E-state index in [-0.39, 0.29) is 6.04 Å². The topological polar surface area (TPSA) is 179 Å². The summed E-state index contributed by atoms with van der Waals surface area (Å²) in [7, 11) is -4.66. The fraction of sp³-hybridized carbons (Fsp3) is 0.778. The first-order chi connectivity index (χ1) is 9.04. The average molecular weight is 314 g/mol. The molecule has 1 saturated heterocycles. The molecule has 20 heavy (non-hydrogen) atoms. The van der Waals surface area contributed by atoms with E-state index in [0.717, 1.165) is 26.3 Å². The summed E-state index contributed by atoms with van der Waals surface area (Å²) in [5, 5.41) is 19.5. The first-order valence-electron chi connectivity index (χ1n) is 5.73. The average Bonchev–Trinajstić information content (AvgIpc) is 2.79. The van der Waals surface area contributed by atoms with Gasteiger partial charge in [-0.15, -0.1) is 0 Å². The van der Waals surface area contributed by atoms with E-state index in [2.05, 4.69) is 9.84 Å². The lowest BCUT2D eigenvalue weighted by Crippen LogP contribution is -2.41. The van der Waals surface area contributed by atoms with Crippen molar-refractivity contribution in [2.24, 2.45) is 5.73 Å². The van der Waals surface area contributed by atoms with Crippen molar-refractivity contribution in [1.29, 1.82) is 0 Å². The summed E-state index contributed by atoms with van der Waals surface area (Å²) >= 11 is 0. The number of hydrogen-bond donors (Lipinski definition) is 6. The zero-order valence-electron chi connectivity index (χ0n) is 10.8. The van der Waals surface area contributed by atoms with Crippen LogP contribution in [0.3, 0.4) is 0 Å². The lowest BCUT2D eigenvalue weighted by atomic mass is 10.2. The number of phosphoric ester groups is 1. The smallest absolute Gasteiger partial charge is 0.469 e. The van der Waals surface area contributed by atoms with Crippen LogP contribution in [-0.2, 0) is 18.7 Å². The Balaban J connectivity index is 0.000000388. The number of nitrogens with two attached hydrogens (primary N) is 1. The summed E-state index contributed by atoms with van der Waals surface area (Å²) in [4.78, 5) is 36.8. The largest absolute Gasteiger partial charge is 0.480 e. The molecule has 3 atom stereocenters. The van der Waals surface area contributed by atoms with E-state index in [1.54, 1.807) is 0 Å². The summed E-state index contributed by atoms with van der Waals surface area (Å²) in [6.45, 7) is 2.02. The Morgan fingerprint density at radius 2 is 1.95 bits per heavy atom. The summed E-state index contributed by atoms with van der Waals surface area (Å²) in [5.74, 6) is -2.10. The molecule has 1 aliphatic rings. The molecule has 0 aliphatic carbocycles. The maximum absolute atomic E-state index is 10.2. The lowest BCUT2D eigenvalue weighted by molar-refractivity contribution is -0.141. The van der Waals surface area contributed by atoms with E-state index in [0.29, 0.717) is 0 Å². The summed E-state index contributed by atoms with van der Waals surface area (Å²) < 4.78 is 14.2.